The molecule has 6 nitrogen and oxygen atoms in total. The highest BCUT2D eigenvalue weighted by Gasteiger charge is 2.08. The van der Waals surface area contributed by atoms with Crippen LogP contribution in [0, 0.1) is 0 Å². The second-order valence-electron chi connectivity index (χ2n) is 7.27. The molecule has 3 rings (SSSR count). The smallest absolute Gasteiger partial charge is 0.261 e. The Bertz CT molecular complexity index is 1030. The van der Waals surface area contributed by atoms with Crippen LogP contribution in [-0.4, -0.2) is 20.4 Å². The monoisotopic (exact) mass is 392 g/mol. The Morgan fingerprint density at radius 1 is 1.00 bits per heavy atom. The number of aromatic nitrogens is 3. The number of carbonyl (C=O) groups excluding carboxylic acids is 1. The van der Waals surface area contributed by atoms with Gasteiger partial charge in [0.2, 0.25) is 5.91 Å². The first kappa shape index (κ1) is 20.7. The van der Waals surface area contributed by atoms with Crippen molar-refractivity contribution in [3.05, 3.63) is 53.2 Å². The molecule has 0 radical (unpaired) electrons. The largest absolute Gasteiger partial charge is 0.311 e. The maximum Gasteiger partial charge on any atom is 0.261 e. The molecule has 0 fully saturated rings. The molecule has 0 aliphatic rings. The molecule has 152 valence electrons. The van der Waals surface area contributed by atoms with E-state index in [2.05, 4.69) is 29.1 Å². The molecule has 0 unspecified atom stereocenters. The summed E-state index contributed by atoms with van der Waals surface area (Å²) in [5.41, 5.74) is 2.46. The normalized spacial score (nSPS) is 11.0. The highest BCUT2D eigenvalue weighted by atomic mass is 16.1. The van der Waals surface area contributed by atoms with E-state index < -0.39 is 0 Å². The predicted octanol–water partition coefficient (Wildman–Crippen LogP) is 4.78. The zero-order chi connectivity index (χ0) is 20.6. The van der Waals surface area contributed by atoms with Crippen molar-refractivity contribution in [1.29, 1.82) is 0 Å². The molecule has 0 aliphatic carbocycles. The summed E-state index contributed by atoms with van der Waals surface area (Å²) in [5.74, 6) is 0.530. The first-order valence-electron chi connectivity index (χ1n) is 10.4. The Hall–Kier alpha value is -3.02. The van der Waals surface area contributed by atoms with E-state index in [0.29, 0.717) is 29.7 Å². The van der Waals surface area contributed by atoms with E-state index in [1.165, 1.54) is 0 Å². The lowest BCUT2D eigenvalue weighted by atomic mass is 10.1. The fourth-order valence-corrected chi connectivity index (χ4v) is 3.21. The van der Waals surface area contributed by atoms with Gasteiger partial charge in [0.1, 0.15) is 5.82 Å². The van der Waals surface area contributed by atoms with Crippen LogP contribution < -0.4 is 10.9 Å². The summed E-state index contributed by atoms with van der Waals surface area (Å²) < 4.78 is 1.67. The van der Waals surface area contributed by atoms with Crippen LogP contribution in [0.5, 0.6) is 0 Å². The van der Waals surface area contributed by atoms with Crippen LogP contribution in [-0.2, 0) is 11.3 Å². The summed E-state index contributed by atoms with van der Waals surface area (Å²) in [6.45, 7) is 4.89. The Morgan fingerprint density at radius 2 is 1.79 bits per heavy atom. The van der Waals surface area contributed by atoms with Crippen molar-refractivity contribution in [3.63, 3.8) is 0 Å². The molecule has 3 aromatic rings. The molecule has 0 saturated carbocycles. The summed E-state index contributed by atoms with van der Waals surface area (Å²) in [5, 5.41) is 3.44. The first-order chi connectivity index (χ1) is 14.1. The maximum absolute atomic E-state index is 12.8. The second kappa shape index (κ2) is 9.96. The van der Waals surface area contributed by atoms with Gasteiger partial charge in [0, 0.05) is 24.7 Å². The number of fused-ring (bicyclic) bond motifs is 1. The van der Waals surface area contributed by atoms with Crippen molar-refractivity contribution >= 4 is 22.6 Å². The zero-order valence-electron chi connectivity index (χ0n) is 17.1. The van der Waals surface area contributed by atoms with E-state index in [9.17, 15) is 9.59 Å². The average Bonchev–Trinajstić information content (AvgIpc) is 2.74. The van der Waals surface area contributed by atoms with E-state index in [1.807, 2.05) is 24.3 Å². The minimum Gasteiger partial charge on any atom is -0.311 e. The SMILES string of the molecule is CCCCCC(=O)Nc1ccc(-c2ccc3ncn(CCCC)c(=O)c3c2)cn1. The minimum atomic E-state index is -0.0192. The number of pyridine rings is 1. The minimum absolute atomic E-state index is 0.0110. The number of benzene rings is 1. The topological polar surface area (TPSA) is 76.9 Å². The third kappa shape index (κ3) is 5.28. The Labute approximate surface area is 171 Å². The fraction of sp³-hybridized carbons (Fsp3) is 0.391. The van der Waals surface area contributed by atoms with Crippen LogP contribution in [0.4, 0.5) is 5.82 Å². The van der Waals surface area contributed by atoms with Crippen LogP contribution in [0.15, 0.2) is 47.7 Å². The molecule has 29 heavy (non-hydrogen) atoms. The highest BCUT2D eigenvalue weighted by molar-refractivity contribution is 5.90. The van der Waals surface area contributed by atoms with E-state index in [-0.39, 0.29) is 11.5 Å². The van der Waals surface area contributed by atoms with Gasteiger partial charge in [-0.25, -0.2) is 9.97 Å². The van der Waals surface area contributed by atoms with E-state index in [4.69, 9.17) is 0 Å². The Morgan fingerprint density at radius 3 is 2.52 bits per heavy atom. The standard InChI is InChI=1S/C23H28N4O2/c1-3-5-7-8-22(28)26-21-12-10-18(15-24-21)17-9-11-20-19(14-17)23(29)27(16-25-20)13-6-4-2/h9-12,14-16H,3-8,13H2,1-2H3,(H,24,26,28). The first-order valence-corrected chi connectivity index (χ1v) is 10.4. The van der Waals surface area contributed by atoms with Gasteiger partial charge in [-0.2, -0.15) is 0 Å². The lowest BCUT2D eigenvalue weighted by Gasteiger charge is -2.08. The van der Waals surface area contributed by atoms with Crippen LogP contribution in [0.1, 0.15) is 52.4 Å². The molecule has 0 saturated heterocycles. The molecule has 1 amide bonds. The molecule has 6 heteroatoms. The number of nitrogens with one attached hydrogen (secondary N) is 1. The number of hydrogen-bond donors (Lipinski definition) is 1. The highest BCUT2D eigenvalue weighted by Crippen LogP contribution is 2.22. The van der Waals surface area contributed by atoms with Crippen molar-refractivity contribution in [2.75, 3.05) is 5.32 Å². The predicted molar refractivity (Wildman–Crippen MR) is 117 cm³/mol. The van der Waals surface area contributed by atoms with Crippen molar-refractivity contribution in [2.24, 2.45) is 0 Å². The van der Waals surface area contributed by atoms with Gasteiger partial charge in [-0.05, 0) is 42.7 Å². The van der Waals surface area contributed by atoms with Crippen LogP contribution in [0.25, 0.3) is 22.0 Å². The van der Waals surface area contributed by atoms with Gasteiger partial charge in [0.05, 0.1) is 17.2 Å². The zero-order valence-corrected chi connectivity index (χ0v) is 17.1. The molecular weight excluding hydrogens is 364 g/mol. The number of aryl methyl sites for hydroxylation is 1. The average molecular weight is 393 g/mol. The number of amides is 1. The molecule has 0 atom stereocenters. The second-order valence-corrected chi connectivity index (χ2v) is 7.27. The number of anilines is 1. The van der Waals surface area contributed by atoms with Gasteiger partial charge in [-0.1, -0.05) is 39.2 Å². The van der Waals surface area contributed by atoms with Crippen LogP contribution in [0.3, 0.4) is 0 Å². The van der Waals surface area contributed by atoms with Crippen molar-refractivity contribution in [2.45, 2.75) is 58.9 Å². The fourth-order valence-electron chi connectivity index (χ4n) is 3.21. The molecule has 0 bridgehead atoms. The lowest BCUT2D eigenvalue weighted by molar-refractivity contribution is -0.116. The summed E-state index contributed by atoms with van der Waals surface area (Å²) in [4.78, 5) is 33.5. The quantitative estimate of drug-likeness (QED) is 0.532. The molecule has 1 N–H and O–H groups in total. The molecule has 1 aromatic carbocycles. The van der Waals surface area contributed by atoms with Crippen molar-refractivity contribution in [1.82, 2.24) is 14.5 Å². The third-order valence-electron chi connectivity index (χ3n) is 4.95. The molecule has 2 aromatic heterocycles. The lowest BCUT2D eigenvalue weighted by Crippen LogP contribution is -2.20. The molecule has 0 spiro atoms. The summed E-state index contributed by atoms with van der Waals surface area (Å²) in [7, 11) is 0. The van der Waals surface area contributed by atoms with Crippen molar-refractivity contribution in [3.8, 4) is 11.1 Å². The summed E-state index contributed by atoms with van der Waals surface area (Å²) in [6, 6.07) is 9.36. The van der Waals surface area contributed by atoms with Crippen LogP contribution >= 0.6 is 0 Å². The van der Waals surface area contributed by atoms with Crippen molar-refractivity contribution < 1.29 is 4.79 Å². The molecule has 2 heterocycles. The number of unbranched alkanes of at least 4 members (excludes halogenated alkanes) is 3. The number of carbonyl (C=O) groups is 1. The third-order valence-corrected chi connectivity index (χ3v) is 4.95. The van der Waals surface area contributed by atoms with Crippen LogP contribution in [0.2, 0.25) is 0 Å². The Balaban J connectivity index is 1.78. The number of nitrogens with zero attached hydrogens (tertiary/aromatic N) is 3. The number of rotatable bonds is 9. The Kier molecular flexibility index (Phi) is 7.11. The molecule has 0 aliphatic heterocycles. The maximum atomic E-state index is 12.8. The van der Waals surface area contributed by atoms with Gasteiger partial charge < -0.3 is 5.32 Å². The van der Waals surface area contributed by atoms with Gasteiger partial charge in [0.25, 0.3) is 5.56 Å². The summed E-state index contributed by atoms with van der Waals surface area (Å²) >= 11 is 0. The van der Waals surface area contributed by atoms with Gasteiger partial charge in [-0.3, -0.25) is 14.2 Å². The van der Waals surface area contributed by atoms with E-state index >= 15 is 0 Å². The van der Waals surface area contributed by atoms with E-state index in [0.717, 1.165) is 43.2 Å². The number of hydrogen-bond acceptors (Lipinski definition) is 4. The van der Waals surface area contributed by atoms with Gasteiger partial charge in [-0.15, -0.1) is 0 Å². The van der Waals surface area contributed by atoms with E-state index in [1.54, 1.807) is 23.2 Å². The van der Waals surface area contributed by atoms with Gasteiger partial charge in [0.15, 0.2) is 0 Å². The molecular formula is C23H28N4O2. The van der Waals surface area contributed by atoms with Gasteiger partial charge >= 0.3 is 0 Å². The summed E-state index contributed by atoms with van der Waals surface area (Å²) in [6.07, 6.45) is 8.86.